The number of aromatic nitrogens is 2. The van der Waals surface area contributed by atoms with Gasteiger partial charge < -0.3 is 15.9 Å². The molecular weight excluding hydrogens is 288 g/mol. The van der Waals surface area contributed by atoms with Crippen LogP contribution in [-0.4, -0.2) is 32.1 Å². The highest BCUT2D eigenvalue weighted by Crippen LogP contribution is 1.99. The van der Waals surface area contributed by atoms with Gasteiger partial charge in [-0.25, -0.2) is 14.6 Å². The van der Waals surface area contributed by atoms with Crippen LogP contribution in [0.4, 0.5) is 0 Å². The van der Waals surface area contributed by atoms with E-state index in [1.807, 2.05) is 0 Å². The summed E-state index contributed by atoms with van der Waals surface area (Å²) in [7, 11) is 0. The summed E-state index contributed by atoms with van der Waals surface area (Å²) in [5.74, 6) is -2.01. The first kappa shape index (κ1) is 16.7. The fourth-order valence-corrected chi connectivity index (χ4v) is 1.26. The van der Waals surface area contributed by atoms with E-state index in [1.165, 1.54) is 24.4 Å². The number of nitriles is 1. The zero-order chi connectivity index (χ0) is 16.5. The zero-order valence-electron chi connectivity index (χ0n) is 11.3. The fourth-order valence-electron chi connectivity index (χ4n) is 1.26. The van der Waals surface area contributed by atoms with E-state index in [2.05, 4.69) is 9.97 Å². The molecule has 4 N–H and O–H groups in total. The molecular formula is C14H12N4O4. The molecule has 2 heterocycles. The highest BCUT2D eigenvalue weighted by molar-refractivity contribution is 5.87. The van der Waals surface area contributed by atoms with E-state index in [1.54, 1.807) is 12.1 Å². The predicted molar refractivity (Wildman–Crippen MR) is 75.0 cm³/mol. The van der Waals surface area contributed by atoms with E-state index in [-0.39, 0.29) is 16.8 Å². The molecule has 0 unspecified atom stereocenters. The van der Waals surface area contributed by atoms with Gasteiger partial charge in [-0.2, -0.15) is 5.26 Å². The number of pyridine rings is 2. The Balaban J connectivity index is 0.000000220. The second-order valence-corrected chi connectivity index (χ2v) is 3.90. The number of carboxylic acids is 2. The number of carbonyl (C=O) groups is 2. The summed E-state index contributed by atoms with van der Waals surface area (Å²) in [4.78, 5) is 28.0. The van der Waals surface area contributed by atoms with Crippen LogP contribution in [0.25, 0.3) is 0 Å². The summed E-state index contributed by atoms with van der Waals surface area (Å²) in [5, 5.41) is 25.2. The second-order valence-electron chi connectivity index (χ2n) is 3.90. The summed E-state index contributed by atoms with van der Waals surface area (Å²) in [6, 6.07) is 7.58. The van der Waals surface area contributed by atoms with Gasteiger partial charge in [0.05, 0.1) is 16.8 Å². The molecule has 0 aliphatic rings. The van der Waals surface area contributed by atoms with Crippen molar-refractivity contribution in [1.82, 2.24) is 9.97 Å². The van der Waals surface area contributed by atoms with E-state index in [9.17, 15) is 9.59 Å². The molecule has 8 heteroatoms. The summed E-state index contributed by atoms with van der Waals surface area (Å²) in [5.41, 5.74) is 6.44. The van der Waals surface area contributed by atoms with Crippen molar-refractivity contribution in [3.63, 3.8) is 0 Å². The maximum Gasteiger partial charge on any atom is 0.337 e. The topological polar surface area (TPSA) is 150 Å². The second kappa shape index (κ2) is 8.08. The van der Waals surface area contributed by atoms with Gasteiger partial charge in [0.15, 0.2) is 0 Å². The first-order chi connectivity index (χ1) is 10.5. The highest BCUT2D eigenvalue weighted by atomic mass is 16.4. The Morgan fingerprint density at radius 1 is 1.05 bits per heavy atom. The Bertz CT molecular complexity index is 690. The SMILES string of the molecule is N#Cc1ccc(C(=O)O)cn1.NCc1ccc(C(=O)O)cn1. The van der Waals surface area contributed by atoms with Gasteiger partial charge in [0.1, 0.15) is 11.8 Å². The quantitative estimate of drug-likeness (QED) is 0.756. The Morgan fingerprint density at radius 3 is 1.91 bits per heavy atom. The molecule has 112 valence electrons. The number of hydrogen-bond donors (Lipinski definition) is 3. The lowest BCUT2D eigenvalue weighted by molar-refractivity contribution is 0.0685. The fraction of sp³-hybridized carbons (Fsp3) is 0.0714. The maximum absolute atomic E-state index is 10.3. The van der Waals surface area contributed by atoms with Gasteiger partial charge in [-0.05, 0) is 24.3 Å². The first-order valence-electron chi connectivity index (χ1n) is 5.95. The minimum Gasteiger partial charge on any atom is -0.478 e. The van der Waals surface area contributed by atoms with Gasteiger partial charge in [0.25, 0.3) is 0 Å². The molecule has 2 aromatic rings. The average Bonchev–Trinajstić information content (AvgIpc) is 2.55. The normalized spacial score (nSPS) is 9.09. The Labute approximate surface area is 125 Å². The van der Waals surface area contributed by atoms with Crippen LogP contribution in [0, 0.1) is 11.3 Å². The lowest BCUT2D eigenvalue weighted by Crippen LogP contribution is -2.02. The number of rotatable bonds is 3. The summed E-state index contributed by atoms with van der Waals surface area (Å²) in [6.45, 7) is 0.333. The number of aromatic carboxylic acids is 2. The van der Waals surface area contributed by atoms with Crippen molar-refractivity contribution in [2.45, 2.75) is 6.54 Å². The van der Waals surface area contributed by atoms with Crippen molar-refractivity contribution in [2.24, 2.45) is 5.73 Å². The lowest BCUT2D eigenvalue weighted by Gasteiger charge is -1.95. The van der Waals surface area contributed by atoms with Crippen molar-refractivity contribution >= 4 is 11.9 Å². The van der Waals surface area contributed by atoms with Crippen LogP contribution in [0.1, 0.15) is 32.1 Å². The molecule has 0 aliphatic carbocycles. The van der Waals surface area contributed by atoms with Gasteiger partial charge in [-0.1, -0.05) is 0 Å². The molecule has 0 saturated carbocycles. The average molecular weight is 300 g/mol. The minimum absolute atomic E-state index is 0.0870. The minimum atomic E-state index is -1.04. The molecule has 22 heavy (non-hydrogen) atoms. The van der Waals surface area contributed by atoms with Crippen molar-refractivity contribution in [1.29, 1.82) is 5.26 Å². The van der Waals surface area contributed by atoms with Crippen molar-refractivity contribution in [2.75, 3.05) is 0 Å². The molecule has 0 fully saturated rings. The third kappa shape index (κ3) is 4.99. The molecule has 0 spiro atoms. The van der Waals surface area contributed by atoms with Crippen LogP contribution < -0.4 is 5.73 Å². The smallest absolute Gasteiger partial charge is 0.337 e. The summed E-state index contributed by atoms with van der Waals surface area (Å²) in [6.07, 6.45) is 2.45. The van der Waals surface area contributed by atoms with Crippen LogP contribution >= 0.6 is 0 Å². The van der Waals surface area contributed by atoms with Crippen LogP contribution in [0.2, 0.25) is 0 Å². The van der Waals surface area contributed by atoms with Crippen LogP contribution in [0.3, 0.4) is 0 Å². The van der Waals surface area contributed by atoms with E-state index in [0.29, 0.717) is 12.2 Å². The van der Waals surface area contributed by atoms with E-state index in [4.69, 9.17) is 21.2 Å². The van der Waals surface area contributed by atoms with Gasteiger partial charge in [-0.15, -0.1) is 0 Å². The zero-order valence-corrected chi connectivity index (χ0v) is 11.3. The van der Waals surface area contributed by atoms with E-state index in [0.717, 1.165) is 6.20 Å². The first-order valence-corrected chi connectivity index (χ1v) is 5.95. The molecule has 0 aliphatic heterocycles. The Kier molecular flexibility index (Phi) is 6.15. The monoisotopic (exact) mass is 300 g/mol. The third-order valence-corrected chi connectivity index (χ3v) is 2.41. The summed E-state index contributed by atoms with van der Waals surface area (Å²) < 4.78 is 0. The molecule has 0 aromatic carbocycles. The van der Waals surface area contributed by atoms with Crippen LogP contribution in [-0.2, 0) is 6.54 Å². The Morgan fingerprint density at radius 2 is 1.59 bits per heavy atom. The molecule has 0 bridgehead atoms. The number of nitrogens with two attached hydrogens (primary N) is 1. The summed E-state index contributed by atoms with van der Waals surface area (Å²) >= 11 is 0. The highest BCUT2D eigenvalue weighted by Gasteiger charge is 2.01. The number of carboxylic acid groups (broad SMARTS) is 2. The van der Waals surface area contributed by atoms with Crippen molar-refractivity contribution < 1.29 is 19.8 Å². The number of hydrogen-bond acceptors (Lipinski definition) is 6. The van der Waals surface area contributed by atoms with E-state index < -0.39 is 11.9 Å². The Hall–Kier alpha value is -3.31. The van der Waals surface area contributed by atoms with Gasteiger partial charge in [-0.3, -0.25) is 4.98 Å². The van der Waals surface area contributed by atoms with Gasteiger partial charge in [0.2, 0.25) is 0 Å². The molecule has 0 radical (unpaired) electrons. The van der Waals surface area contributed by atoms with Gasteiger partial charge in [0, 0.05) is 18.9 Å². The van der Waals surface area contributed by atoms with Crippen molar-refractivity contribution in [3.05, 3.63) is 59.2 Å². The molecule has 0 amide bonds. The van der Waals surface area contributed by atoms with Crippen LogP contribution in [0.15, 0.2) is 36.7 Å². The van der Waals surface area contributed by atoms with Crippen molar-refractivity contribution in [3.8, 4) is 6.07 Å². The standard InChI is InChI=1S/C7H8N2O2.C7H4N2O2/c2*8-3-6-2-1-5(4-9-6)7(10)11/h1-2,4H,3,8H2,(H,10,11);1-2,4H,(H,10,11). The molecule has 8 nitrogen and oxygen atoms in total. The largest absolute Gasteiger partial charge is 0.478 e. The lowest BCUT2D eigenvalue weighted by atomic mass is 10.2. The molecule has 2 aromatic heterocycles. The number of nitrogens with zero attached hydrogens (tertiary/aromatic N) is 3. The molecule has 0 atom stereocenters. The molecule has 2 rings (SSSR count). The van der Waals surface area contributed by atoms with Crippen LogP contribution in [0.5, 0.6) is 0 Å². The molecule has 0 saturated heterocycles. The van der Waals surface area contributed by atoms with Gasteiger partial charge >= 0.3 is 11.9 Å². The predicted octanol–water partition coefficient (Wildman–Crippen LogP) is 0.890. The maximum atomic E-state index is 10.3. The van der Waals surface area contributed by atoms with E-state index >= 15 is 0 Å². The third-order valence-electron chi connectivity index (χ3n) is 2.41.